The molecule has 11 heteroatoms. The number of halogens is 4. The number of ether oxygens (including phenoxy) is 4. The predicted molar refractivity (Wildman–Crippen MR) is 167 cm³/mol. The van der Waals surface area contributed by atoms with Gasteiger partial charge in [-0.15, -0.1) is 6.42 Å². The Morgan fingerprint density at radius 1 is 0.923 bits per heavy atom. The molecule has 1 aromatic carbocycles. The Bertz CT molecular complexity index is 1390. The Labute approximate surface area is 255 Å². The summed E-state index contributed by atoms with van der Waals surface area (Å²) in [5.41, 5.74) is 5.74. The van der Waals surface area contributed by atoms with Crippen molar-refractivity contribution in [3.63, 3.8) is 0 Å². The molecule has 0 N–H and O–H groups in total. The van der Waals surface area contributed by atoms with Gasteiger partial charge in [-0.3, -0.25) is 0 Å². The topological polar surface area (TPSA) is 44.9 Å². The average Bonchev–Trinajstić information content (AvgIpc) is 3.29. The second-order valence-electron chi connectivity index (χ2n) is 9.30. The van der Waals surface area contributed by atoms with Crippen molar-refractivity contribution in [3.05, 3.63) is 65.2 Å². The maximum atomic E-state index is 16.1. The van der Waals surface area contributed by atoms with Crippen molar-refractivity contribution in [1.82, 2.24) is 4.48 Å². The molecule has 0 unspecified atom stereocenters. The minimum absolute atomic E-state index is 0.284. The molecule has 0 saturated carbocycles. The fourth-order valence-electron chi connectivity index (χ4n) is 5.06. The Hall–Kier alpha value is -1.73. The van der Waals surface area contributed by atoms with E-state index in [0.29, 0.717) is 68.2 Å². The summed E-state index contributed by atoms with van der Waals surface area (Å²) in [6, 6.07) is 7.63. The first kappa shape index (κ1) is 30.2. The van der Waals surface area contributed by atoms with E-state index in [0.717, 1.165) is 29.4 Å². The van der Waals surface area contributed by atoms with Gasteiger partial charge in [0, 0.05) is 21.8 Å². The number of benzene rings is 1. The van der Waals surface area contributed by atoms with Gasteiger partial charge in [0.05, 0.1) is 42.2 Å². The zero-order chi connectivity index (χ0) is 28.3. The van der Waals surface area contributed by atoms with Crippen LogP contribution in [0, 0.1) is 29.8 Å². The van der Waals surface area contributed by atoms with Gasteiger partial charge in [0.1, 0.15) is 24.7 Å². The molecule has 3 heterocycles. The van der Waals surface area contributed by atoms with Crippen LogP contribution in [0.5, 0.6) is 5.75 Å². The first-order chi connectivity index (χ1) is 18.6. The summed E-state index contributed by atoms with van der Waals surface area (Å²) in [6.45, 7) is 6.30. The quantitative estimate of drug-likeness (QED) is 0.116. The van der Waals surface area contributed by atoms with Gasteiger partial charge in [0.25, 0.3) is 0 Å². The minimum Gasteiger partial charge on any atom is -0.491 e. The molecular weight excluding hydrogens is 731 g/mol. The van der Waals surface area contributed by atoms with Crippen LogP contribution in [0.4, 0.5) is 8.63 Å². The second-order valence-corrected chi connectivity index (χ2v) is 11.5. The molecule has 0 saturated heterocycles. The third-order valence-electron chi connectivity index (χ3n) is 6.87. The van der Waals surface area contributed by atoms with E-state index in [4.69, 9.17) is 25.4 Å². The van der Waals surface area contributed by atoms with E-state index in [9.17, 15) is 0 Å². The highest BCUT2D eigenvalue weighted by Gasteiger charge is 2.56. The van der Waals surface area contributed by atoms with E-state index in [1.54, 1.807) is 13.8 Å². The molecule has 39 heavy (non-hydrogen) atoms. The Morgan fingerprint density at radius 2 is 1.51 bits per heavy atom. The molecule has 2 aliphatic rings. The standard InChI is InChI=1S/C28H31BF2I2N2O4/c1-6-11-36-12-13-37-14-15-38-16-17-39-23-9-7-22(8-10-23)24-27-18(2)25(32)20(4)34(27)29(30,31)35-21(5)26(33)19(3)28(24)35/h1,7-10H,11-17H2,2-5H3. The molecule has 0 bridgehead atoms. The van der Waals surface area contributed by atoms with E-state index in [1.807, 2.05) is 38.1 Å². The van der Waals surface area contributed by atoms with Crippen LogP contribution in [0.1, 0.15) is 36.4 Å². The fourth-order valence-corrected chi connectivity index (χ4v) is 6.09. The zero-order valence-electron chi connectivity index (χ0n) is 22.5. The lowest BCUT2D eigenvalue weighted by Gasteiger charge is -2.33. The molecule has 208 valence electrons. The van der Waals surface area contributed by atoms with E-state index >= 15 is 8.63 Å². The third-order valence-corrected chi connectivity index (χ3v) is 10.1. The maximum Gasteiger partial charge on any atom is 0.737 e. The summed E-state index contributed by atoms with van der Waals surface area (Å²) in [4.78, 5) is 0. The molecule has 1 aromatic heterocycles. The summed E-state index contributed by atoms with van der Waals surface area (Å²) in [5.74, 6) is 3.09. The van der Waals surface area contributed by atoms with Gasteiger partial charge < -0.3 is 36.5 Å². The Balaban J connectivity index is 1.48. The van der Waals surface area contributed by atoms with Gasteiger partial charge >= 0.3 is 6.97 Å². The SMILES string of the molecule is C#CCOCCOCCOCCOc1ccc(C2=C3C(C)=C(I)C(C)=[N+]3[B-](F)(F)n3c(C)c(I)c(C)c32)cc1. The number of rotatable bonds is 12. The Morgan fingerprint density at radius 3 is 2.13 bits per heavy atom. The molecule has 0 fully saturated rings. The van der Waals surface area contributed by atoms with E-state index in [-0.39, 0.29) is 6.61 Å². The normalized spacial score (nSPS) is 16.1. The van der Waals surface area contributed by atoms with Gasteiger partial charge in [-0.1, -0.05) is 18.1 Å². The molecule has 2 aromatic rings. The molecule has 6 nitrogen and oxygen atoms in total. The lowest BCUT2D eigenvalue weighted by Crippen LogP contribution is -2.51. The van der Waals surface area contributed by atoms with Crippen molar-refractivity contribution in [2.24, 2.45) is 0 Å². The minimum atomic E-state index is -4.03. The summed E-state index contributed by atoms with van der Waals surface area (Å²) in [5, 5.41) is 0. The monoisotopic (exact) mass is 762 g/mol. The Kier molecular flexibility index (Phi) is 9.96. The average molecular weight is 762 g/mol. The lowest BCUT2D eigenvalue weighted by atomic mass is 9.84. The van der Waals surface area contributed by atoms with Gasteiger partial charge in [-0.2, -0.15) is 0 Å². The van der Waals surface area contributed by atoms with E-state index < -0.39 is 6.97 Å². The number of terminal acetylenes is 1. The largest absolute Gasteiger partial charge is 0.737 e. The first-order valence-electron chi connectivity index (χ1n) is 12.7. The number of hydrogen-bond donors (Lipinski definition) is 0. The smallest absolute Gasteiger partial charge is 0.491 e. The van der Waals surface area contributed by atoms with Crippen molar-refractivity contribution in [2.75, 3.05) is 46.2 Å². The van der Waals surface area contributed by atoms with Gasteiger partial charge in [-0.25, -0.2) is 0 Å². The number of allylic oxidation sites excluding steroid dienone is 2. The van der Waals surface area contributed by atoms with Crippen molar-refractivity contribution in [2.45, 2.75) is 27.7 Å². The van der Waals surface area contributed by atoms with Crippen molar-refractivity contribution >= 4 is 63.4 Å². The van der Waals surface area contributed by atoms with Crippen LogP contribution in [0.15, 0.2) is 39.1 Å². The van der Waals surface area contributed by atoms with Gasteiger partial charge in [0.2, 0.25) is 0 Å². The molecule has 0 atom stereocenters. The predicted octanol–water partition coefficient (Wildman–Crippen LogP) is 5.96. The number of nitrogens with zero attached hydrogens (tertiary/aromatic N) is 2. The summed E-state index contributed by atoms with van der Waals surface area (Å²) in [6.07, 6.45) is 5.11. The highest BCUT2D eigenvalue weighted by molar-refractivity contribution is 14.1. The summed E-state index contributed by atoms with van der Waals surface area (Å²) < 4.78 is 58.3. The first-order valence-corrected chi connectivity index (χ1v) is 14.8. The molecule has 0 radical (unpaired) electrons. The van der Waals surface area contributed by atoms with Crippen LogP contribution in [0.2, 0.25) is 0 Å². The molecular formula is C28H31BF2I2N2O4. The maximum absolute atomic E-state index is 16.1. The van der Waals surface area contributed by atoms with Crippen LogP contribution in [-0.4, -0.2) is 67.9 Å². The molecule has 4 rings (SSSR count). The van der Waals surface area contributed by atoms with Crippen LogP contribution in [-0.2, 0) is 14.2 Å². The van der Waals surface area contributed by atoms with Gasteiger partial charge in [0.15, 0.2) is 5.70 Å². The number of fused-ring (bicyclic) bond motifs is 2. The van der Waals surface area contributed by atoms with Crippen LogP contribution >= 0.6 is 45.2 Å². The van der Waals surface area contributed by atoms with Crippen molar-refractivity contribution in [1.29, 1.82) is 0 Å². The molecule has 0 aliphatic carbocycles. The zero-order valence-corrected chi connectivity index (χ0v) is 26.8. The van der Waals surface area contributed by atoms with Crippen LogP contribution < -0.4 is 4.74 Å². The third kappa shape index (κ3) is 5.86. The molecule has 2 aliphatic heterocycles. The highest BCUT2D eigenvalue weighted by Crippen LogP contribution is 2.47. The number of hydrogen-bond acceptors (Lipinski definition) is 4. The highest BCUT2D eigenvalue weighted by atomic mass is 127. The van der Waals surface area contributed by atoms with Crippen LogP contribution in [0.25, 0.3) is 5.57 Å². The summed E-state index contributed by atoms with van der Waals surface area (Å²) in [7, 11) is 0. The summed E-state index contributed by atoms with van der Waals surface area (Å²) >= 11 is 4.36. The van der Waals surface area contributed by atoms with Crippen molar-refractivity contribution < 1.29 is 32.1 Å². The van der Waals surface area contributed by atoms with E-state index in [1.165, 1.54) is 8.96 Å². The van der Waals surface area contributed by atoms with Crippen LogP contribution in [0.3, 0.4) is 0 Å². The second kappa shape index (κ2) is 12.8. The molecule has 0 amide bonds. The van der Waals surface area contributed by atoms with Crippen molar-refractivity contribution in [3.8, 4) is 18.1 Å². The molecule has 0 spiro atoms. The fraction of sp³-hybridized carbons (Fsp3) is 0.393. The lowest BCUT2D eigenvalue weighted by molar-refractivity contribution is -0.363. The van der Waals surface area contributed by atoms with E-state index in [2.05, 4.69) is 51.1 Å². The number of aromatic nitrogens is 1. The van der Waals surface area contributed by atoms with Gasteiger partial charge in [-0.05, 0) is 94.9 Å².